The number of aliphatic hydroxyl groups is 2. The van der Waals surface area contributed by atoms with Crippen LogP contribution < -0.4 is 0 Å². The molecular weight excluding hydrogens is 276 g/mol. The summed E-state index contributed by atoms with van der Waals surface area (Å²) in [5.41, 5.74) is 2.62. The predicted octanol–water partition coefficient (Wildman–Crippen LogP) is 2.97. The SMILES string of the molecule is CC[C@]12CC[C@@H]3c4ccc(O)cc4CC[C@H]3[C@@H]1C[C@@H](O)[C@@H]2O. The molecule has 0 spiro atoms. The highest BCUT2D eigenvalue weighted by Crippen LogP contribution is 2.62. The number of aliphatic hydroxyl groups excluding tert-OH is 2. The van der Waals surface area contributed by atoms with Crippen LogP contribution in [-0.2, 0) is 6.42 Å². The van der Waals surface area contributed by atoms with Crippen molar-refractivity contribution in [1.82, 2.24) is 0 Å². The first kappa shape index (κ1) is 14.5. The molecule has 2 fully saturated rings. The van der Waals surface area contributed by atoms with Crippen LogP contribution in [0.2, 0.25) is 0 Å². The second-order valence-electron chi connectivity index (χ2n) is 7.67. The lowest BCUT2D eigenvalue weighted by Crippen LogP contribution is -2.46. The van der Waals surface area contributed by atoms with Crippen LogP contribution in [0.4, 0.5) is 0 Å². The molecule has 0 heterocycles. The van der Waals surface area contributed by atoms with Gasteiger partial charge in [-0.05, 0) is 79.5 Å². The van der Waals surface area contributed by atoms with E-state index in [4.69, 9.17) is 0 Å². The van der Waals surface area contributed by atoms with Gasteiger partial charge in [0.25, 0.3) is 0 Å². The Balaban J connectivity index is 1.72. The molecule has 3 heteroatoms. The Bertz CT molecular complexity index is 584. The number of hydrogen-bond donors (Lipinski definition) is 3. The first-order valence-corrected chi connectivity index (χ1v) is 8.74. The molecule has 4 rings (SSSR count). The number of benzene rings is 1. The molecular formula is C19H26O3. The van der Waals surface area contributed by atoms with Gasteiger partial charge in [-0.15, -0.1) is 0 Å². The Labute approximate surface area is 132 Å². The molecule has 0 aromatic heterocycles. The third kappa shape index (κ3) is 1.82. The molecule has 3 N–H and O–H groups in total. The van der Waals surface area contributed by atoms with Crippen molar-refractivity contribution in [3.05, 3.63) is 29.3 Å². The van der Waals surface area contributed by atoms with Crippen LogP contribution >= 0.6 is 0 Å². The normalized spacial score (nSPS) is 43.3. The second kappa shape index (κ2) is 4.97. The van der Waals surface area contributed by atoms with Crippen LogP contribution in [0.1, 0.15) is 56.1 Å². The van der Waals surface area contributed by atoms with Crippen molar-refractivity contribution >= 4 is 0 Å². The molecule has 22 heavy (non-hydrogen) atoms. The van der Waals surface area contributed by atoms with Crippen LogP contribution in [0.15, 0.2) is 18.2 Å². The standard InChI is InChI=1S/C19H26O3/c1-2-19-8-7-14-13-6-4-12(20)9-11(13)3-5-15(14)16(19)10-17(21)18(19)22/h4,6,9,14-18,20-22H,2-3,5,7-8,10H2,1H3/t14-,15-,16+,17-,18+,19+/m1/s1. The summed E-state index contributed by atoms with van der Waals surface area (Å²) in [5.74, 6) is 1.90. The third-order valence-electron chi connectivity index (χ3n) is 7.07. The molecule has 3 aliphatic rings. The van der Waals surface area contributed by atoms with Crippen molar-refractivity contribution < 1.29 is 15.3 Å². The molecule has 6 atom stereocenters. The predicted molar refractivity (Wildman–Crippen MR) is 84.7 cm³/mol. The summed E-state index contributed by atoms with van der Waals surface area (Å²) in [5, 5.41) is 30.6. The van der Waals surface area contributed by atoms with Gasteiger partial charge in [0.2, 0.25) is 0 Å². The smallest absolute Gasteiger partial charge is 0.115 e. The summed E-state index contributed by atoms with van der Waals surface area (Å²) < 4.78 is 0. The van der Waals surface area contributed by atoms with Crippen molar-refractivity contribution in [2.24, 2.45) is 17.3 Å². The van der Waals surface area contributed by atoms with E-state index in [1.54, 1.807) is 6.07 Å². The minimum absolute atomic E-state index is 0.0744. The van der Waals surface area contributed by atoms with Crippen molar-refractivity contribution in [2.45, 2.75) is 63.6 Å². The Hall–Kier alpha value is -1.06. The monoisotopic (exact) mass is 302 g/mol. The Morgan fingerprint density at radius 2 is 2.05 bits per heavy atom. The number of rotatable bonds is 1. The summed E-state index contributed by atoms with van der Waals surface area (Å²) in [6.07, 6.45) is 4.84. The average Bonchev–Trinajstić information content (AvgIpc) is 2.79. The molecule has 0 radical (unpaired) electrons. The zero-order valence-electron chi connectivity index (χ0n) is 13.2. The van der Waals surface area contributed by atoms with Crippen molar-refractivity contribution in [1.29, 1.82) is 0 Å². The molecule has 1 aromatic rings. The molecule has 0 saturated heterocycles. The van der Waals surface area contributed by atoms with Gasteiger partial charge in [-0.2, -0.15) is 0 Å². The lowest BCUT2D eigenvalue weighted by molar-refractivity contribution is -0.0641. The van der Waals surface area contributed by atoms with Gasteiger partial charge in [0, 0.05) is 5.41 Å². The number of hydrogen-bond acceptors (Lipinski definition) is 3. The maximum Gasteiger partial charge on any atom is 0.115 e. The van der Waals surface area contributed by atoms with Crippen LogP contribution in [0, 0.1) is 17.3 Å². The molecule has 0 bridgehead atoms. The maximum absolute atomic E-state index is 10.6. The summed E-state index contributed by atoms with van der Waals surface area (Å²) in [4.78, 5) is 0. The molecule has 2 saturated carbocycles. The lowest BCUT2D eigenvalue weighted by Gasteiger charge is -2.51. The van der Waals surface area contributed by atoms with Crippen LogP contribution in [0.25, 0.3) is 0 Å². The van der Waals surface area contributed by atoms with E-state index in [1.807, 2.05) is 6.07 Å². The largest absolute Gasteiger partial charge is 0.508 e. The highest BCUT2D eigenvalue weighted by atomic mass is 16.3. The van der Waals surface area contributed by atoms with Gasteiger partial charge in [-0.25, -0.2) is 0 Å². The Morgan fingerprint density at radius 3 is 2.82 bits per heavy atom. The van der Waals surface area contributed by atoms with E-state index in [0.29, 0.717) is 23.5 Å². The van der Waals surface area contributed by atoms with E-state index >= 15 is 0 Å². The number of fused-ring (bicyclic) bond motifs is 5. The van der Waals surface area contributed by atoms with Gasteiger partial charge in [-0.1, -0.05) is 13.0 Å². The van der Waals surface area contributed by atoms with Gasteiger partial charge < -0.3 is 15.3 Å². The zero-order valence-corrected chi connectivity index (χ0v) is 13.2. The van der Waals surface area contributed by atoms with Gasteiger partial charge in [0.15, 0.2) is 0 Å². The molecule has 0 amide bonds. The first-order chi connectivity index (χ1) is 10.6. The fourth-order valence-corrected chi connectivity index (χ4v) is 6.01. The van der Waals surface area contributed by atoms with Gasteiger partial charge in [-0.3, -0.25) is 0 Å². The Kier molecular flexibility index (Phi) is 3.28. The van der Waals surface area contributed by atoms with E-state index in [0.717, 1.165) is 38.5 Å². The van der Waals surface area contributed by atoms with E-state index in [2.05, 4.69) is 13.0 Å². The quantitative estimate of drug-likeness (QED) is 0.747. The zero-order chi connectivity index (χ0) is 15.5. The van der Waals surface area contributed by atoms with Crippen molar-refractivity contribution in [3.8, 4) is 5.75 Å². The maximum atomic E-state index is 10.6. The van der Waals surface area contributed by atoms with E-state index in [-0.39, 0.29) is 5.41 Å². The first-order valence-electron chi connectivity index (χ1n) is 8.74. The summed E-state index contributed by atoms with van der Waals surface area (Å²) in [7, 11) is 0. The number of phenols is 1. The number of aryl methyl sites for hydroxylation is 1. The summed E-state index contributed by atoms with van der Waals surface area (Å²) in [6.45, 7) is 2.17. The van der Waals surface area contributed by atoms with E-state index in [9.17, 15) is 15.3 Å². The van der Waals surface area contributed by atoms with Crippen LogP contribution in [0.3, 0.4) is 0 Å². The molecule has 1 aromatic carbocycles. The molecule has 3 aliphatic carbocycles. The van der Waals surface area contributed by atoms with Crippen LogP contribution in [-0.4, -0.2) is 27.5 Å². The minimum Gasteiger partial charge on any atom is -0.508 e. The highest BCUT2D eigenvalue weighted by molar-refractivity contribution is 5.40. The molecule has 0 aliphatic heterocycles. The summed E-state index contributed by atoms with van der Waals surface area (Å²) >= 11 is 0. The fourth-order valence-electron chi connectivity index (χ4n) is 6.01. The van der Waals surface area contributed by atoms with E-state index < -0.39 is 12.2 Å². The van der Waals surface area contributed by atoms with Gasteiger partial charge >= 0.3 is 0 Å². The molecule has 0 unspecified atom stereocenters. The number of phenolic OH excluding ortho intramolecular Hbond substituents is 1. The third-order valence-corrected chi connectivity index (χ3v) is 7.07. The van der Waals surface area contributed by atoms with E-state index in [1.165, 1.54) is 11.1 Å². The molecule has 3 nitrogen and oxygen atoms in total. The lowest BCUT2D eigenvalue weighted by atomic mass is 9.54. The highest BCUT2D eigenvalue weighted by Gasteiger charge is 2.59. The van der Waals surface area contributed by atoms with Gasteiger partial charge in [0.1, 0.15) is 5.75 Å². The topological polar surface area (TPSA) is 60.7 Å². The fraction of sp³-hybridized carbons (Fsp3) is 0.684. The Morgan fingerprint density at radius 1 is 1.23 bits per heavy atom. The van der Waals surface area contributed by atoms with Crippen LogP contribution in [0.5, 0.6) is 5.75 Å². The summed E-state index contributed by atoms with van der Waals surface area (Å²) in [6, 6.07) is 5.83. The van der Waals surface area contributed by atoms with Crippen molar-refractivity contribution in [2.75, 3.05) is 0 Å². The minimum atomic E-state index is -0.551. The second-order valence-corrected chi connectivity index (χ2v) is 7.67. The molecule has 120 valence electrons. The van der Waals surface area contributed by atoms with Crippen molar-refractivity contribution in [3.63, 3.8) is 0 Å². The number of aromatic hydroxyl groups is 1. The van der Waals surface area contributed by atoms with Gasteiger partial charge in [0.05, 0.1) is 12.2 Å². The average molecular weight is 302 g/mol.